The van der Waals surface area contributed by atoms with E-state index >= 15 is 0 Å². The quantitative estimate of drug-likeness (QED) is 0.485. The van der Waals surface area contributed by atoms with Gasteiger partial charge >= 0.3 is 5.97 Å². The zero-order valence-corrected chi connectivity index (χ0v) is 17.8. The summed E-state index contributed by atoms with van der Waals surface area (Å²) in [4.78, 5) is 18.5. The van der Waals surface area contributed by atoms with E-state index in [0.29, 0.717) is 11.7 Å². The van der Waals surface area contributed by atoms with Gasteiger partial charge in [0.05, 0.1) is 31.3 Å². The third-order valence-electron chi connectivity index (χ3n) is 5.44. The third-order valence-corrected chi connectivity index (χ3v) is 5.79. The van der Waals surface area contributed by atoms with Crippen molar-refractivity contribution in [2.45, 2.75) is 25.4 Å². The van der Waals surface area contributed by atoms with E-state index in [1.807, 2.05) is 36.4 Å². The van der Waals surface area contributed by atoms with Gasteiger partial charge in [-0.2, -0.15) is 0 Å². The van der Waals surface area contributed by atoms with Gasteiger partial charge in [0.2, 0.25) is 0 Å². The molecule has 0 aliphatic carbocycles. The van der Waals surface area contributed by atoms with Crippen LogP contribution in [0.4, 0.5) is 0 Å². The molecule has 3 aromatic rings. The number of para-hydroxylation sites is 1. The zero-order valence-electron chi connectivity index (χ0n) is 17.0. The van der Waals surface area contributed by atoms with Crippen molar-refractivity contribution in [2.24, 2.45) is 0 Å². The van der Waals surface area contributed by atoms with Crippen LogP contribution in [0.2, 0.25) is 0 Å². The van der Waals surface area contributed by atoms with Crippen LogP contribution < -0.4 is 5.32 Å². The van der Waals surface area contributed by atoms with E-state index in [2.05, 4.69) is 51.1 Å². The number of esters is 1. The van der Waals surface area contributed by atoms with E-state index in [4.69, 9.17) is 17.0 Å². The van der Waals surface area contributed by atoms with Gasteiger partial charge in [0.1, 0.15) is 0 Å². The summed E-state index contributed by atoms with van der Waals surface area (Å²) in [5.41, 5.74) is 4.28. The summed E-state index contributed by atoms with van der Waals surface area (Å²) in [6.07, 6.45) is 4.11. The standard InChI is InChI=1S/C23H24N4O2S/c1-16-8-3-4-10-18(16)26-14-7-11-19(26)22-21(17-9-5-6-13-24-17)25-23(30)27(22)15-12-20(28)29-2/h3-11,13-14,21-22H,12,15H2,1-2H3,(H,25,30)/t21-,22+/m1/s1. The lowest BCUT2D eigenvalue weighted by atomic mass is 10.0. The van der Waals surface area contributed by atoms with Gasteiger partial charge in [-0.15, -0.1) is 0 Å². The SMILES string of the molecule is COC(=O)CCN1C(=S)N[C@H](c2ccccn2)[C@@H]1c1cccn1-c1ccccc1C. The molecule has 1 aromatic carbocycles. The van der Waals surface area contributed by atoms with E-state index in [1.165, 1.54) is 12.7 Å². The molecule has 1 fully saturated rings. The average molecular weight is 421 g/mol. The number of aryl methyl sites for hydroxylation is 1. The second-order valence-corrected chi connectivity index (χ2v) is 7.62. The molecule has 154 valence electrons. The van der Waals surface area contributed by atoms with Crippen molar-refractivity contribution in [3.63, 3.8) is 0 Å². The fourth-order valence-corrected chi connectivity index (χ4v) is 4.30. The first-order valence-electron chi connectivity index (χ1n) is 9.88. The molecule has 30 heavy (non-hydrogen) atoms. The number of rotatable bonds is 6. The Balaban J connectivity index is 1.78. The number of nitrogens with one attached hydrogen (secondary N) is 1. The molecule has 0 radical (unpaired) electrons. The van der Waals surface area contributed by atoms with Gasteiger partial charge < -0.3 is 19.5 Å². The highest BCUT2D eigenvalue weighted by Gasteiger charge is 2.41. The second-order valence-electron chi connectivity index (χ2n) is 7.24. The Bertz CT molecular complexity index is 1050. The van der Waals surface area contributed by atoms with Crippen LogP contribution in [0.25, 0.3) is 5.69 Å². The monoisotopic (exact) mass is 420 g/mol. The van der Waals surface area contributed by atoms with Gasteiger partial charge in [-0.25, -0.2) is 0 Å². The lowest BCUT2D eigenvalue weighted by molar-refractivity contribution is -0.140. The smallest absolute Gasteiger partial charge is 0.307 e. The number of aromatic nitrogens is 2. The highest BCUT2D eigenvalue weighted by Crippen LogP contribution is 2.39. The first kappa shape index (κ1) is 20.1. The molecule has 0 bridgehead atoms. The number of pyridine rings is 1. The fourth-order valence-electron chi connectivity index (χ4n) is 3.97. The Hall–Kier alpha value is -3.19. The highest BCUT2D eigenvalue weighted by molar-refractivity contribution is 7.80. The Morgan fingerprint density at radius 2 is 1.97 bits per heavy atom. The fraction of sp³-hybridized carbons (Fsp3) is 0.261. The molecule has 3 heterocycles. The summed E-state index contributed by atoms with van der Waals surface area (Å²) in [5.74, 6) is -0.257. The molecule has 1 aliphatic heterocycles. The molecule has 1 saturated heterocycles. The van der Waals surface area contributed by atoms with Crippen LogP contribution in [0.3, 0.4) is 0 Å². The molecule has 6 nitrogen and oxygen atoms in total. The number of hydrogen-bond donors (Lipinski definition) is 1. The molecule has 0 saturated carbocycles. The predicted molar refractivity (Wildman–Crippen MR) is 119 cm³/mol. The summed E-state index contributed by atoms with van der Waals surface area (Å²) in [5, 5.41) is 4.03. The normalized spacial score (nSPS) is 18.3. The number of thiocarbonyl (C=S) groups is 1. The maximum Gasteiger partial charge on any atom is 0.307 e. The van der Waals surface area contributed by atoms with Crippen molar-refractivity contribution in [3.8, 4) is 5.69 Å². The summed E-state index contributed by atoms with van der Waals surface area (Å²) in [6, 6.07) is 18.0. The van der Waals surface area contributed by atoms with E-state index in [9.17, 15) is 4.79 Å². The topological polar surface area (TPSA) is 59.4 Å². The molecule has 1 aliphatic rings. The first-order chi connectivity index (χ1) is 14.6. The number of benzene rings is 1. The van der Waals surface area contributed by atoms with E-state index < -0.39 is 0 Å². The van der Waals surface area contributed by atoms with Crippen molar-refractivity contribution in [2.75, 3.05) is 13.7 Å². The van der Waals surface area contributed by atoms with Crippen LogP contribution in [0.1, 0.15) is 35.5 Å². The van der Waals surface area contributed by atoms with Crippen molar-refractivity contribution in [1.82, 2.24) is 19.8 Å². The van der Waals surface area contributed by atoms with Crippen LogP contribution in [0.15, 0.2) is 67.0 Å². The minimum absolute atomic E-state index is 0.119. The Morgan fingerprint density at radius 1 is 1.17 bits per heavy atom. The van der Waals surface area contributed by atoms with Crippen molar-refractivity contribution >= 4 is 23.3 Å². The number of methoxy groups -OCH3 is 1. The van der Waals surface area contributed by atoms with Crippen LogP contribution >= 0.6 is 12.2 Å². The summed E-state index contributed by atoms with van der Waals surface area (Å²) in [7, 11) is 1.40. The van der Waals surface area contributed by atoms with Gasteiger partial charge in [-0.05, 0) is 55.0 Å². The average Bonchev–Trinajstić information content (AvgIpc) is 3.37. The van der Waals surface area contributed by atoms with Crippen molar-refractivity contribution < 1.29 is 9.53 Å². The van der Waals surface area contributed by atoms with E-state index in [1.54, 1.807) is 6.20 Å². The molecule has 2 atom stereocenters. The molecule has 0 spiro atoms. The molecular formula is C23H24N4O2S. The van der Waals surface area contributed by atoms with E-state index in [-0.39, 0.29) is 24.5 Å². The zero-order chi connectivity index (χ0) is 21.1. The number of nitrogens with zero attached hydrogens (tertiary/aromatic N) is 3. The number of ether oxygens (including phenoxy) is 1. The van der Waals surface area contributed by atoms with Crippen molar-refractivity contribution in [3.05, 3.63) is 83.9 Å². The molecule has 1 N–H and O–H groups in total. The lowest BCUT2D eigenvalue weighted by Gasteiger charge is -2.29. The Kier molecular flexibility index (Phi) is 5.81. The second kappa shape index (κ2) is 8.67. The van der Waals surface area contributed by atoms with Gasteiger partial charge in [0.15, 0.2) is 5.11 Å². The first-order valence-corrected chi connectivity index (χ1v) is 10.3. The largest absolute Gasteiger partial charge is 0.469 e. The Morgan fingerprint density at radius 3 is 2.70 bits per heavy atom. The van der Waals surface area contributed by atoms with Gasteiger partial charge in [0.25, 0.3) is 0 Å². The Labute approximate surface area is 181 Å². The molecular weight excluding hydrogens is 396 g/mol. The van der Waals surface area contributed by atoms with Gasteiger partial charge in [0, 0.05) is 30.3 Å². The minimum atomic E-state index is -0.257. The summed E-state index contributed by atoms with van der Waals surface area (Å²) in [6.45, 7) is 2.56. The lowest BCUT2D eigenvalue weighted by Crippen LogP contribution is -2.32. The minimum Gasteiger partial charge on any atom is -0.469 e. The van der Waals surface area contributed by atoms with Crippen LogP contribution in [0, 0.1) is 6.92 Å². The number of hydrogen-bond acceptors (Lipinski definition) is 4. The predicted octanol–water partition coefficient (Wildman–Crippen LogP) is 3.72. The van der Waals surface area contributed by atoms with Crippen LogP contribution in [-0.2, 0) is 9.53 Å². The van der Waals surface area contributed by atoms with E-state index in [0.717, 1.165) is 17.1 Å². The van der Waals surface area contributed by atoms with Crippen LogP contribution in [0.5, 0.6) is 0 Å². The highest BCUT2D eigenvalue weighted by atomic mass is 32.1. The molecule has 7 heteroatoms. The maximum absolute atomic E-state index is 11.8. The molecule has 4 rings (SSSR count). The van der Waals surface area contributed by atoms with Crippen molar-refractivity contribution in [1.29, 1.82) is 0 Å². The van der Waals surface area contributed by atoms with Gasteiger partial charge in [-0.1, -0.05) is 24.3 Å². The van der Waals surface area contributed by atoms with Gasteiger partial charge in [-0.3, -0.25) is 9.78 Å². The van der Waals surface area contributed by atoms with Crippen LogP contribution in [-0.4, -0.2) is 39.2 Å². The molecule has 2 aromatic heterocycles. The number of carbonyl (C=O) groups is 1. The summed E-state index contributed by atoms with van der Waals surface area (Å²) < 4.78 is 7.04. The third kappa shape index (κ3) is 3.80. The molecule has 0 amide bonds. The molecule has 0 unspecified atom stereocenters. The number of carbonyl (C=O) groups excluding carboxylic acids is 1. The summed E-state index contributed by atoms with van der Waals surface area (Å²) >= 11 is 5.67. The maximum atomic E-state index is 11.8.